The molecule has 0 saturated carbocycles. The van der Waals surface area contributed by atoms with Crippen molar-refractivity contribution in [3.63, 3.8) is 0 Å². The fourth-order valence-electron chi connectivity index (χ4n) is 1.83. The van der Waals surface area contributed by atoms with E-state index in [0.717, 1.165) is 0 Å². The number of amides is 1. The number of carbonyl (C=O) groups excluding carboxylic acids is 1. The predicted molar refractivity (Wildman–Crippen MR) is 70.7 cm³/mol. The molecule has 1 atom stereocenters. The number of nitrogens with zero attached hydrogens (tertiary/aromatic N) is 2. The number of β-amino-alcohol motifs (C(OH)–C–C–N with tert-alkyl or cyclic N) is 1. The van der Waals surface area contributed by atoms with Crippen LogP contribution in [0.1, 0.15) is 0 Å². The first-order valence-electron chi connectivity index (χ1n) is 6.29. The number of cyclic esters (lactones) is 1. The van der Waals surface area contributed by atoms with Crippen molar-refractivity contribution < 1.29 is 24.3 Å². The smallest absolute Gasteiger partial charge is 0.421 e. The minimum Gasteiger partial charge on any atom is -0.484 e. The van der Waals surface area contributed by atoms with Crippen LogP contribution in [0.4, 0.5) is 10.5 Å². The Morgan fingerprint density at radius 2 is 2.29 bits per heavy atom. The quantitative estimate of drug-likeness (QED) is 0.573. The number of hydrazine groups is 1. The number of aliphatic hydroxyl groups excluding tert-OH is 1. The number of nitro groups is 1. The maximum Gasteiger partial charge on any atom is 0.421 e. The van der Waals surface area contributed by atoms with Crippen molar-refractivity contribution in [1.82, 2.24) is 10.4 Å². The second kappa shape index (κ2) is 6.86. The van der Waals surface area contributed by atoms with Gasteiger partial charge in [-0.2, -0.15) is 0 Å². The zero-order valence-electron chi connectivity index (χ0n) is 11.1. The van der Waals surface area contributed by atoms with Gasteiger partial charge in [-0.25, -0.2) is 9.80 Å². The van der Waals surface area contributed by atoms with Gasteiger partial charge in [-0.3, -0.25) is 15.5 Å². The first-order valence-corrected chi connectivity index (χ1v) is 6.29. The SMILES string of the molecule is O=C1NN(CC(O)COc2ccccc2[N+](=O)[O-])CCO1. The molecule has 9 heteroatoms. The van der Waals surface area contributed by atoms with Crippen LogP contribution in [0.3, 0.4) is 0 Å². The van der Waals surface area contributed by atoms with E-state index in [9.17, 15) is 20.0 Å². The van der Waals surface area contributed by atoms with Crippen LogP contribution in [0.15, 0.2) is 24.3 Å². The molecule has 21 heavy (non-hydrogen) atoms. The monoisotopic (exact) mass is 297 g/mol. The van der Waals surface area contributed by atoms with Crippen molar-refractivity contribution in [2.45, 2.75) is 6.10 Å². The molecule has 0 spiro atoms. The summed E-state index contributed by atoms with van der Waals surface area (Å²) in [6, 6.07) is 5.92. The maximum atomic E-state index is 11.0. The molecule has 0 aliphatic carbocycles. The molecular weight excluding hydrogens is 282 g/mol. The van der Waals surface area contributed by atoms with E-state index in [2.05, 4.69) is 10.2 Å². The molecule has 1 aromatic rings. The lowest BCUT2D eigenvalue weighted by atomic mass is 10.3. The van der Waals surface area contributed by atoms with E-state index in [-0.39, 0.29) is 31.2 Å². The summed E-state index contributed by atoms with van der Waals surface area (Å²) < 4.78 is 9.95. The molecule has 0 bridgehead atoms. The van der Waals surface area contributed by atoms with Crippen molar-refractivity contribution in [1.29, 1.82) is 0 Å². The second-order valence-corrected chi connectivity index (χ2v) is 4.38. The molecule has 1 aliphatic heterocycles. The van der Waals surface area contributed by atoms with Gasteiger partial charge in [-0.05, 0) is 6.07 Å². The molecule has 1 saturated heterocycles. The fourth-order valence-corrected chi connectivity index (χ4v) is 1.83. The Labute approximate surface area is 120 Å². The molecular formula is C12H15N3O6. The summed E-state index contributed by atoms with van der Waals surface area (Å²) in [5.74, 6) is 0.0903. The van der Waals surface area contributed by atoms with Gasteiger partial charge in [-0.1, -0.05) is 12.1 Å². The topological polar surface area (TPSA) is 114 Å². The number of nitrogens with one attached hydrogen (secondary N) is 1. The van der Waals surface area contributed by atoms with E-state index in [1.807, 2.05) is 0 Å². The Bertz CT molecular complexity index is 523. The van der Waals surface area contributed by atoms with E-state index in [1.165, 1.54) is 23.2 Å². The average molecular weight is 297 g/mol. The number of benzene rings is 1. The van der Waals surface area contributed by atoms with E-state index in [4.69, 9.17) is 4.74 Å². The van der Waals surface area contributed by atoms with E-state index >= 15 is 0 Å². The average Bonchev–Trinajstić information content (AvgIpc) is 2.45. The lowest BCUT2D eigenvalue weighted by Crippen LogP contribution is -2.52. The number of rotatable bonds is 6. The van der Waals surface area contributed by atoms with Crippen LogP contribution in [0, 0.1) is 10.1 Å². The van der Waals surface area contributed by atoms with Crippen molar-refractivity contribution in [3.05, 3.63) is 34.4 Å². The van der Waals surface area contributed by atoms with Gasteiger partial charge in [0.1, 0.15) is 19.3 Å². The molecule has 1 unspecified atom stereocenters. The molecule has 0 aromatic heterocycles. The highest BCUT2D eigenvalue weighted by atomic mass is 16.6. The summed E-state index contributed by atoms with van der Waals surface area (Å²) >= 11 is 0. The van der Waals surface area contributed by atoms with Gasteiger partial charge < -0.3 is 14.6 Å². The molecule has 1 fully saturated rings. The van der Waals surface area contributed by atoms with Crippen LogP contribution in [-0.2, 0) is 4.74 Å². The van der Waals surface area contributed by atoms with Crippen LogP contribution in [-0.4, -0.2) is 53.5 Å². The number of carbonyl (C=O) groups is 1. The number of hydrogen-bond donors (Lipinski definition) is 2. The molecule has 9 nitrogen and oxygen atoms in total. The summed E-state index contributed by atoms with van der Waals surface area (Å²) in [5.41, 5.74) is 2.26. The third-order valence-corrected chi connectivity index (χ3v) is 2.77. The Kier molecular flexibility index (Phi) is 4.90. The van der Waals surface area contributed by atoms with Crippen molar-refractivity contribution >= 4 is 11.8 Å². The van der Waals surface area contributed by atoms with Crippen LogP contribution in [0.2, 0.25) is 0 Å². The van der Waals surface area contributed by atoms with Gasteiger partial charge in [0.15, 0.2) is 5.75 Å². The van der Waals surface area contributed by atoms with Crippen LogP contribution >= 0.6 is 0 Å². The Hall–Kier alpha value is -2.39. The predicted octanol–water partition coefficient (Wildman–Crippen LogP) is 0.291. The van der Waals surface area contributed by atoms with Crippen LogP contribution < -0.4 is 10.2 Å². The molecule has 1 amide bonds. The normalized spacial score (nSPS) is 16.7. The molecule has 1 aromatic carbocycles. The van der Waals surface area contributed by atoms with Gasteiger partial charge in [-0.15, -0.1) is 0 Å². The lowest BCUT2D eigenvalue weighted by Gasteiger charge is -2.28. The van der Waals surface area contributed by atoms with Gasteiger partial charge >= 0.3 is 11.8 Å². The maximum absolute atomic E-state index is 11.0. The minimum absolute atomic E-state index is 0.0903. The van der Waals surface area contributed by atoms with Crippen molar-refractivity contribution in [2.24, 2.45) is 0 Å². The second-order valence-electron chi connectivity index (χ2n) is 4.38. The number of nitro benzene ring substituents is 1. The highest BCUT2D eigenvalue weighted by Crippen LogP contribution is 2.25. The summed E-state index contributed by atoms with van der Waals surface area (Å²) in [5, 5.41) is 22.2. The molecule has 1 aliphatic rings. The van der Waals surface area contributed by atoms with E-state index < -0.39 is 17.1 Å². The minimum atomic E-state index is -0.914. The largest absolute Gasteiger partial charge is 0.484 e. The van der Waals surface area contributed by atoms with Crippen LogP contribution in [0.25, 0.3) is 0 Å². The van der Waals surface area contributed by atoms with Crippen molar-refractivity contribution in [2.75, 3.05) is 26.3 Å². The van der Waals surface area contributed by atoms with Gasteiger partial charge in [0.2, 0.25) is 0 Å². The molecule has 2 N–H and O–H groups in total. The van der Waals surface area contributed by atoms with Gasteiger partial charge in [0.05, 0.1) is 11.5 Å². The molecule has 1 heterocycles. The number of aliphatic hydroxyl groups is 1. The van der Waals surface area contributed by atoms with Crippen molar-refractivity contribution in [3.8, 4) is 5.75 Å². The summed E-state index contributed by atoms with van der Waals surface area (Å²) in [6.45, 7) is 0.686. The Balaban J connectivity index is 1.85. The third-order valence-electron chi connectivity index (χ3n) is 2.77. The third kappa shape index (κ3) is 4.29. The standard InChI is InChI=1S/C12H15N3O6/c16-9(7-14-5-6-20-12(17)13-14)8-21-11-4-2-1-3-10(11)15(18)19/h1-4,9,16H,5-8H2,(H,13,17). The highest BCUT2D eigenvalue weighted by molar-refractivity contribution is 5.67. The molecule has 114 valence electrons. The number of para-hydroxylation sites is 2. The summed E-state index contributed by atoms with van der Waals surface area (Å²) in [4.78, 5) is 21.3. The zero-order valence-corrected chi connectivity index (χ0v) is 11.1. The van der Waals surface area contributed by atoms with Gasteiger partial charge in [0.25, 0.3) is 0 Å². The molecule has 2 rings (SSSR count). The first-order chi connectivity index (χ1) is 10.1. The Morgan fingerprint density at radius 1 is 1.52 bits per heavy atom. The summed E-state index contributed by atoms with van der Waals surface area (Å²) in [6.07, 6.45) is -1.49. The van der Waals surface area contributed by atoms with E-state index in [0.29, 0.717) is 6.54 Å². The van der Waals surface area contributed by atoms with Crippen LogP contribution in [0.5, 0.6) is 5.75 Å². The number of hydrogen-bond acceptors (Lipinski definition) is 7. The number of ether oxygens (including phenoxy) is 2. The van der Waals surface area contributed by atoms with E-state index in [1.54, 1.807) is 6.07 Å². The fraction of sp³-hybridized carbons (Fsp3) is 0.417. The first kappa shape index (κ1) is 15.0. The lowest BCUT2D eigenvalue weighted by molar-refractivity contribution is -0.385. The zero-order chi connectivity index (χ0) is 15.2. The molecule has 0 radical (unpaired) electrons. The Morgan fingerprint density at radius 3 is 3.00 bits per heavy atom. The highest BCUT2D eigenvalue weighted by Gasteiger charge is 2.21. The van der Waals surface area contributed by atoms with Gasteiger partial charge in [0, 0.05) is 12.6 Å². The summed E-state index contributed by atoms with van der Waals surface area (Å²) in [7, 11) is 0.